The van der Waals surface area contributed by atoms with E-state index in [2.05, 4.69) is 10.6 Å². The average Bonchev–Trinajstić information content (AvgIpc) is 2.89. The molecule has 0 aliphatic rings. The zero-order chi connectivity index (χ0) is 33.5. The monoisotopic (exact) mass is 611 g/mol. The summed E-state index contributed by atoms with van der Waals surface area (Å²) in [5, 5.41) is 15.8. The van der Waals surface area contributed by atoms with Crippen molar-refractivity contribution < 1.29 is 33.8 Å². The molecule has 0 saturated carbocycles. The number of ether oxygens (including phenoxy) is 2. The first-order valence-corrected chi connectivity index (χ1v) is 14.9. The Morgan fingerprint density at radius 3 is 1.95 bits per heavy atom. The summed E-state index contributed by atoms with van der Waals surface area (Å²) in [5.74, 6) is -1.93. The van der Waals surface area contributed by atoms with Crippen molar-refractivity contribution in [3.63, 3.8) is 0 Å². The van der Waals surface area contributed by atoms with Gasteiger partial charge in [-0.25, -0.2) is 9.59 Å². The van der Waals surface area contributed by atoms with Gasteiger partial charge in [0.25, 0.3) is 0 Å². The van der Waals surface area contributed by atoms with Crippen LogP contribution in [0.3, 0.4) is 0 Å². The number of phenolic OH excluding ortho intramolecular Hbond substituents is 1. The first kappa shape index (κ1) is 36.1. The molecular formula is C34H49N3O7. The zero-order valence-electron chi connectivity index (χ0n) is 27.7. The normalized spacial score (nSPS) is 14.0. The molecule has 3 N–H and O–H groups in total. The first-order chi connectivity index (χ1) is 20.2. The summed E-state index contributed by atoms with van der Waals surface area (Å²) in [6.45, 7) is 17.4. The standard InChI is InChI=1S/C34H49N3O7/c1-11-34(9,10)37(29(40)22(2)35-31(42)44-33(6,7)8)27(24-18-15-19-25(38)21-24)28(39)36-26(30(41)43-32(3,4)5)20-23-16-13-12-14-17-23/h12-19,21-22,26-27,38H,11,20H2,1-10H3,(H,35,42)(H,36,39). The van der Waals surface area contributed by atoms with E-state index in [0.29, 0.717) is 12.0 Å². The number of benzene rings is 2. The van der Waals surface area contributed by atoms with Crippen molar-refractivity contribution in [3.05, 3.63) is 65.7 Å². The van der Waals surface area contributed by atoms with Crippen molar-refractivity contribution in [1.82, 2.24) is 15.5 Å². The van der Waals surface area contributed by atoms with Gasteiger partial charge in [-0.1, -0.05) is 49.4 Å². The summed E-state index contributed by atoms with van der Waals surface area (Å²) in [4.78, 5) is 55.9. The fourth-order valence-corrected chi connectivity index (χ4v) is 4.48. The van der Waals surface area contributed by atoms with Crippen LogP contribution in [0.4, 0.5) is 4.79 Å². The van der Waals surface area contributed by atoms with Gasteiger partial charge in [0.2, 0.25) is 11.8 Å². The minimum atomic E-state index is -1.28. The van der Waals surface area contributed by atoms with Crippen LogP contribution in [0.1, 0.15) is 92.8 Å². The molecular weight excluding hydrogens is 562 g/mol. The van der Waals surface area contributed by atoms with E-state index >= 15 is 0 Å². The van der Waals surface area contributed by atoms with Crippen molar-refractivity contribution >= 4 is 23.9 Å². The molecule has 44 heavy (non-hydrogen) atoms. The zero-order valence-corrected chi connectivity index (χ0v) is 27.7. The van der Waals surface area contributed by atoms with E-state index in [1.54, 1.807) is 53.7 Å². The van der Waals surface area contributed by atoms with Gasteiger partial charge in [-0.2, -0.15) is 0 Å². The van der Waals surface area contributed by atoms with Gasteiger partial charge in [-0.15, -0.1) is 0 Å². The van der Waals surface area contributed by atoms with Crippen LogP contribution < -0.4 is 10.6 Å². The number of aromatic hydroxyl groups is 1. The molecule has 0 bridgehead atoms. The topological polar surface area (TPSA) is 134 Å². The van der Waals surface area contributed by atoms with Crippen LogP contribution in [-0.4, -0.2) is 62.7 Å². The lowest BCUT2D eigenvalue weighted by molar-refractivity contribution is -0.159. The van der Waals surface area contributed by atoms with Gasteiger partial charge in [-0.3, -0.25) is 9.59 Å². The molecule has 0 aliphatic heterocycles. The predicted octanol–water partition coefficient (Wildman–Crippen LogP) is 5.43. The number of nitrogens with zero attached hydrogens (tertiary/aromatic N) is 1. The Labute approximate surface area is 261 Å². The highest BCUT2D eigenvalue weighted by Crippen LogP contribution is 2.33. The number of rotatable bonds is 11. The summed E-state index contributed by atoms with van der Waals surface area (Å²) in [6, 6.07) is 11.8. The van der Waals surface area contributed by atoms with Crippen molar-refractivity contribution in [2.24, 2.45) is 0 Å². The first-order valence-electron chi connectivity index (χ1n) is 14.9. The molecule has 0 radical (unpaired) electrons. The Bertz CT molecular complexity index is 1300. The fourth-order valence-electron chi connectivity index (χ4n) is 4.48. The van der Waals surface area contributed by atoms with Crippen molar-refractivity contribution in [2.45, 2.75) is 117 Å². The van der Waals surface area contributed by atoms with E-state index < -0.39 is 58.7 Å². The smallest absolute Gasteiger partial charge is 0.408 e. The molecule has 0 aliphatic carbocycles. The summed E-state index contributed by atoms with van der Waals surface area (Å²) < 4.78 is 11.0. The number of esters is 1. The van der Waals surface area contributed by atoms with Gasteiger partial charge in [-0.05, 0) is 92.0 Å². The second-order valence-corrected chi connectivity index (χ2v) is 13.5. The number of carbonyl (C=O) groups excluding carboxylic acids is 4. The van der Waals surface area contributed by atoms with Crippen LogP contribution in [0.15, 0.2) is 54.6 Å². The third kappa shape index (κ3) is 10.9. The molecule has 0 heterocycles. The Morgan fingerprint density at radius 2 is 1.43 bits per heavy atom. The second kappa shape index (κ2) is 14.6. The SMILES string of the molecule is CCC(C)(C)N(C(=O)C(C)NC(=O)OC(C)(C)C)C(C(=O)NC(Cc1ccccc1)C(=O)OC(C)(C)C)c1cccc(O)c1. The lowest BCUT2D eigenvalue weighted by Gasteiger charge is -2.44. The van der Waals surface area contributed by atoms with E-state index in [1.165, 1.54) is 24.0 Å². The lowest BCUT2D eigenvalue weighted by Crippen LogP contribution is -2.59. The van der Waals surface area contributed by atoms with Crippen LogP contribution in [0.25, 0.3) is 0 Å². The van der Waals surface area contributed by atoms with Gasteiger partial charge in [0, 0.05) is 12.0 Å². The quantitative estimate of drug-likeness (QED) is 0.288. The number of alkyl carbamates (subject to hydrolysis) is 1. The molecule has 10 heteroatoms. The molecule has 242 valence electrons. The van der Waals surface area contributed by atoms with Crippen molar-refractivity contribution in [3.8, 4) is 5.75 Å². The van der Waals surface area contributed by atoms with Crippen molar-refractivity contribution in [1.29, 1.82) is 0 Å². The molecule has 0 aromatic heterocycles. The van der Waals surface area contributed by atoms with Crippen molar-refractivity contribution in [2.75, 3.05) is 0 Å². The molecule has 3 atom stereocenters. The van der Waals surface area contributed by atoms with E-state index in [1.807, 2.05) is 51.1 Å². The van der Waals surface area contributed by atoms with Crippen LogP contribution in [0.2, 0.25) is 0 Å². The maximum Gasteiger partial charge on any atom is 0.408 e. The van der Waals surface area contributed by atoms with Crippen LogP contribution in [-0.2, 0) is 30.3 Å². The highest BCUT2D eigenvalue weighted by molar-refractivity contribution is 5.94. The van der Waals surface area contributed by atoms with Crippen LogP contribution >= 0.6 is 0 Å². The van der Waals surface area contributed by atoms with Gasteiger partial charge < -0.3 is 30.1 Å². The van der Waals surface area contributed by atoms with Crippen LogP contribution in [0, 0.1) is 0 Å². The van der Waals surface area contributed by atoms with Gasteiger partial charge >= 0.3 is 12.1 Å². The molecule has 3 amide bonds. The maximum atomic E-state index is 14.4. The van der Waals surface area contributed by atoms with E-state index in [4.69, 9.17) is 9.47 Å². The number of amides is 3. The highest BCUT2D eigenvalue weighted by atomic mass is 16.6. The maximum absolute atomic E-state index is 14.4. The largest absolute Gasteiger partial charge is 0.508 e. The minimum Gasteiger partial charge on any atom is -0.508 e. The summed E-state index contributed by atoms with van der Waals surface area (Å²) in [7, 11) is 0. The fraction of sp³-hybridized carbons (Fsp3) is 0.529. The number of hydrogen-bond acceptors (Lipinski definition) is 7. The summed E-state index contributed by atoms with van der Waals surface area (Å²) in [6.07, 6.45) is -0.186. The van der Waals surface area contributed by atoms with E-state index in [0.717, 1.165) is 5.56 Å². The summed E-state index contributed by atoms with van der Waals surface area (Å²) in [5.41, 5.74) is -1.38. The molecule has 2 aromatic rings. The average molecular weight is 612 g/mol. The van der Waals surface area contributed by atoms with Gasteiger partial charge in [0.15, 0.2) is 0 Å². The number of carbonyl (C=O) groups is 4. The lowest BCUT2D eigenvalue weighted by atomic mass is 9.91. The number of nitrogens with one attached hydrogen (secondary N) is 2. The summed E-state index contributed by atoms with van der Waals surface area (Å²) >= 11 is 0. The molecule has 0 saturated heterocycles. The predicted molar refractivity (Wildman–Crippen MR) is 169 cm³/mol. The number of hydrogen-bond donors (Lipinski definition) is 3. The third-order valence-electron chi connectivity index (χ3n) is 6.84. The van der Waals surface area contributed by atoms with Gasteiger partial charge in [0.05, 0.1) is 0 Å². The Hall–Kier alpha value is -4.08. The Morgan fingerprint density at radius 1 is 0.841 bits per heavy atom. The third-order valence-corrected chi connectivity index (χ3v) is 6.84. The molecule has 2 rings (SSSR count). The Kier molecular flexibility index (Phi) is 12.0. The van der Waals surface area contributed by atoms with Gasteiger partial charge in [0.1, 0.15) is 35.1 Å². The van der Waals surface area contributed by atoms with Crippen LogP contribution in [0.5, 0.6) is 5.75 Å². The molecule has 0 spiro atoms. The minimum absolute atomic E-state index is 0.102. The molecule has 10 nitrogen and oxygen atoms in total. The molecule has 0 fully saturated rings. The molecule has 3 unspecified atom stereocenters. The second-order valence-electron chi connectivity index (χ2n) is 13.5. The van der Waals surface area contributed by atoms with E-state index in [-0.39, 0.29) is 12.2 Å². The molecule has 2 aromatic carbocycles. The number of phenols is 1. The van der Waals surface area contributed by atoms with E-state index in [9.17, 15) is 24.3 Å². The Balaban J connectivity index is 2.60. The highest BCUT2D eigenvalue weighted by Gasteiger charge is 2.43.